The van der Waals surface area contributed by atoms with E-state index in [1.807, 2.05) is 30.5 Å². The van der Waals surface area contributed by atoms with E-state index >= 15 is 0 Å². The fraction of sp³-hybridized carbons (Fsp3) is 0.167. The van der Waals surface area contributed by atoms with Crippen LogP contribution in [0.15, 0.2) is 73.2 Å². The lowest BCUT2D eigenvalue weighted by molar-refractivity contribution is 1.09. The van der Waals surface area contributed by atoms with Gasteiger partial charge >= 0.3 is 0 Å². The van der Waals surface area contributed by atoms with Crippen molar-refractivity contribution in [3.8, 4) is 0 Å². The number of benzene rings is 1. The maximum absolute atomic E-state index is 3.78. The summed E-state index contributed by atoms with van der Waals surface area (Å²) in [6.45, 7) is 2.18. The highest BCUT2D eigenvalue weighted by atomic mass is 14.7. The number of nitrogens with one attached hydrogen (secondary N) is 1. The minimum atomic E-state index is 0.997. The number of aromatic amines is 1. The van der Waals surface area contributed by atoms with Crippen LogP contribution in [-0.4, -0.2) is 9.97 Å². The summed E-state index contributed by atoms with van der Waals surface area (Å²) in [5.74, 6) is 0. The number of nitrogens with zero attached hydrogens (tertiary/aromatic N) is 1. The van der Waals surface area contributed by atoms with Crippen LogP contribution in [0.1, 0.15) is 23.7 Å². The Morgan fingerprint density at radius 3 is 2.00 bits per heavy atom. The fourth-order valence-corrected chi connectivity index (χ4v) is 1.90. The first kappa shape index (κ1) is 14.1. The van der Waals surface area contributed by atoms with E-state index in [9.17, 15) is 0 Å². The number of aryl methyl sites for hydroxylation is 1. The third kappa shape index (κ3) is 4.73. The first-order valence-electron chi connectivity index (χ1n) is 6.93. The number of aromatic nitrogens is 2. The maximum Gasteiger partial charge on any atom is 0.0267 e. The van der Waals surface area contributed by atoms with Crippen LogP contribution in [0.3, 0.4) is 0 Å². The van der Waals surface area contributed by atoms with Gasteiger partial charge in [0, 0.05) is 30.7 Å². The van der Waals surface area contributed by atoms with E-state index < -0.39 is 0 Å². The van der Waals surface area contributed by atoms with Gasteiger partial charge in [-0.2, -0.15) is 0 Å². The normalized spacial score (nSPS) is 9.65. The monoisotopic (exact) mass is 264 g/mol. The highest BCUT2D eigenvalue weighted by Crippen LogP contribution is 2.09. The summed E-state index contributed by atoms with van der Waals surface area (Å²) in [7, 11) is 0. The first-order chi connectivity index (χ1) is 9.88. The Morgan fingerprint density at radius 1 is 0.850 bits per heavy atom. The molecule has 2 heterocycles. The van der Waals surface area contributed by atoms with Gasteiger partial charge in [-0.15, -0.1) is 0 Å². The van der Waals surface area contributed by atoms with Gasteiger partial charge in [-0.05, 0) is 41.8 Å². The molecule has 2 nitrogen and oxygen atoms in total. The number of hydrogen-bond donors (Lipinski definition) is 1. The predicted molar refractivity (Wildman–Crippen MR) is 83.7 cm³/mol. The van der Waals surface area contributed by atoms with Crippen LogP contribution in [0.25, 0.3) is 0 Å². The van der Waals surface area contributed by atoms with E-state index in [4.69, 9.17) is 0 Å². The standard InChI is InChI=1S/C13H15N.C5H5N/c1-2-11-5-7-12(8-6-11)10-13-4-3-9-14-13;1-2-4-6-5-3-1/h3-9,14H,2,10H2,1H3;1-5H. The van der Waals surface area contributed by atoms with Gasteiger partial charge in [0.2, 0.25) is 0 Å². The van der Waals surface area contributed by atoms with Crippen molar-refractivity contribution >= 4 is 0 Å². The number of pyridine rings is 1. The Labute approximate surface area is 120 Å². The van der Waals surface area contributed by atoms with E-state index in [0.717, 1.165) is 12.8 Å². The Kier molecular flexibility index (Phi) is 5.59. The summed E-state index contributed by atoms with van der Waals surface area (Å²) in [5.41, 5.74) is 4.04. The first-order valence-corrected chi connectivity index (χ1v) is 6.93. The van der Waals surface area contributed by atoms with Gasteiger partial charge < -0.3 is 4.98 Å². The highest BCUT2D eigenvalue weighted by molar-refractivity contribution is 5.26. The van der Waals surface area contributed by atoms with Crippen LogP contribution < -0.4 is 0 Å². The average molecular weight is 264 g/mol. The van der Waals surface area contributed by atoms with Crippen molar-refractivity contribution in [1.82, 2.24) is 9.97 Å². The topological polar surface area (TPSA) is 28.7 Å². The summed E-state index contributed by atoms with van der Waals surface area (Å²) in [6.07, 6.45) is 7.58. The zero-order valence-corrected chi connectivity index (χ0v) is 11.8. The highest BCUT2D eigenvalue weighted by Gasteiger charge is 1.96. The molecule has 0 saturated heterocycles. The molecule has 0 fully saturated rings. The Bertz CT molecular complexity index is 542. The van der Waals surface area contributed by atoms with Gasteiger partial charge in [-0.1, -0.05) is 37.3 Å². The summed E-state index contributed by atoms with van der Waals surface area (Å²) in [6, 6.07) is 18.7. The van der Waals surface area contributed by atoms with Crippen LogP contribution in [-0.2, 0) is 12.8 Å². The molecule has 2 aromatic heterocycles. The second-order valence-electron chi connectivity index (χ2n) is 4.57. The molecule has 3 rings (SSSR count). The summed E-state index contributed by atoms with van der Waals surface area (Å²) < 4.78 is 0. The average Bonchev–Trinajstić information content (AvgIpc) is 3.03. The van der Waals surface area contributed by atoms with Crippen molar-refractivity contribution in [2.75, 3.05) is 0 Å². The van der Waals surface area contributed by atoms with E-state index in [-0.39, 0.29) is 0 Å². The third-order valence-electron chi connectivity index (χ3n) is 3.05. The van der Waals surface area contributed by atoms with Crippen LogP contribution in [0, 0.1) is 0 Å². The van der Waals surface area contributed by atoms with Gasteiger partial charge in [-0.25, -0.2) is 0 Å². The van der Waals surface area contributed by atoms with Crippen molar-refractivity contribution in [3.63, 3.8) is 0 Å². The van der Waals surface area contributed by atoms with Crippen LogP contribution in [0.4, 0.5) is 0 Å². The quantitative estimate of drug-likeness (QED) is 0.752. The van der Waals surface area contributed by atoms with E-state index in [2.05, 4.69) is 47.2 Å². The Balaban J connectivity index is 0.000000205. The van der Waals surface area contributed by atoms with Gasteiger partial charge in [0.1, 0.15) is 0 Å². The fourth-order valence-electron chi connectivity index (χ4n) is 1.90. The predicted octanol–water partition coefficient (Wildman–Crippen LogP) is 4.25. The van der Waals surface area contributed by atoms with Crippen molar-refractivity contribution in [1.29, 1.82) is 0 Å². The summed E-state index contributed by atoms with van der Waals surface area (Å²) in [5, 5.41) is 0. The van der Waals surface area contributed by atoms with Gasteiger partial charge in [0.15, 0.2) is 0 Å². The molecular weight excluding hydrogens is 244 g/mol. The van der Waals surface area contributed by atoms with Crippen molar-refractivity contribution in [3.05, 3.63) is 90.0 Å². The molecule has 3 aromatic rings. The minimum Gasteiger partial charge on any atom is -0.365 e. The molecule has 0 atom stereocenters. The summed E-state index contributed by atoms with van der Waals surface area (Å²) in [4.78, 5) is 7.00. The van der Waals surface area contributed by atoms with Crippen molar-refractivity contribution in [2.24, 2.45) is 0 Å². The lowest BCUT2D eigenvalue weighted by Gasteiger charge is -2.01. The molecule has 0 aliphatic carbocycles. The lowest BCUT2D eigenvalue weighted by atomic mass is 10.1. The Hall–Kier alpha value is -2.35. The SMILES string of the molecule is CCc1ccc(Cc2ccc[nH]2)cc1.c1ccncc1. The van der Waals surface area contributed by atoms with Crippen LogP contribution in [0.5, 0.6) is 0 Å². The smallest absolute Gasteiger partial charge is 0.0267 e. The molecule has 0 amide bonds. The van der Waals surface area contributed by atoms with Crippen LogP contribution in [0.2, 0.25) is 0 Å². The lowest BCUT2D eigenvalue weighted by Crippen LogP contribution is -1.88. The van der Waals surface area contributed by atoms with E-state index in [1.54, 1.807) is 12.4 Å². The Morgan fingerprint density at radius 2 is 1.55 bits per heavy atom. The molecule has 0 radical (unpaired) electrons. The molecular formula is C18H20N2. The second kappa shape index (κ2) is 7.95. The van der Waals surface area contributed by atoms with E-state index in [0.29, 0.717) is 0 Å². The molecule has 2 heteroatoms. The number of rotatable bonds is 3. The van der Waals surface area contributed by atoms with Crippen molar-refractivity contribution < 1.29 is 0 Å². The molecule has 1 aromatic carbocycles. The molecule has 0 unspecified atom stereocenters. The molecule has 0 aliphatic rings. The van der Waals surface area contributed by atoms with Crippen LogP contribution >= 0.6 is 0 Å². The second-order valence-corrected chi connectivity index (χ2v) is 4.57. The number of H-pyrrole nitrogens is 1. The minimum absolute atomic E-state index is 0.997. The molecule has 20 heavy (non-hydrogen) atoms. The zero-order valence-electron chi connectivity index (χ0n) is 11.8. The largest absolute Gasteiger partial charge is 0.365 e. The number of hydrogen-bond acceptors (Lipinski definition) is 1. The van der Waals surface area contributed by atoms with E-state index in [1.165, 1.54) is 16.8 Å². The molecule has 1 N–H and O–H groups in total. The third-order valence-corrected chi connectivity index (χ3v) is 3.05. The van der Waals surface area contributed by atoms with Crippen molar-refractivity contribution in [2.45, 2.75) is 19.8 Å². The summed E-state index contributed by atoms with van der Waals surface area (Å²) >= 11 is 0. The molecule has 0 aliphatic heterocycles. The van der Waals surface area contributed by atoms with Gasteiger partial charge in [0.05, 0.1) is 0 Å². The molecule has 0 spiro atoms. The van der Waals surface area contributed by atoms with Gasteiger partial charge in [-0.3, -0.25) is 4.98 Å². The van der Waals surface area contributed by atoms with Gasteiger partial charge in [0.25, 0.3) is 0 Å². The molecule has 102 valence electrons. The molecule has 0 bridgehead atoms. The zero-order chi connectivity index (χ0) is 14.0. The molecule has 0 saturated carbocycles. The maximum atomic E-state index is 3.78.